The van der Waals surface area contributed by atoms with E-state index in [0.29, 0.717) is 12.8 Å². The van der Waals surface area contributed by atoms with Crippen molar-refractivity contribution in [2.75, 3.05) is 0 Å². The number of carbonyl (C=O) groups is 3. The van der Waals surface area contributed by atoms with Gasteiger partial charge in [-0.25, -0.2) is 9.59 Å². The number of ether oxygens (including phenoxy) is 3. The third-order valence-corrected chi connectivity index (χ3v) is 9.86. The summed E-state index contributed by atoms with van der Waals surface area (Å²) in [5.74, 6) is -1.25. The smallest absolute Gasteiger partial charge is 0.330 e. The first-order chi connectivity index (χ1) is 15.3. The molecule has 0 aliphatic rings. The van der Waals surface area contributed by atoms with Gasteiger partial charge in [0.2, 0.25) is 0 Å². The second-order valence-corrected chi connectivity index (χ2v) is 16.0. The third-order valence-electron chi connectivity index (χ3n) is 5.26. The van der Waals surface area contributed by atoms with E-state index in [2.05, 4.69) is 33.9 Å². The number of rotatable bonds is 12. The van der Waals surface area contributed by atoms with E-state index >= 15 is 0 Å². The van der Waals surface area contributed by atoms with Gasteiger partial charge in [-0.2, -0.15) is 0 Å². The molecule has 0 radical (unpaired) electrons. The molecule has 0 rings (SSSR count). The number of carbonyl (C=O) groups excluding carboxylic acids is 3. The molecule has 0 spiro atoms. The fourth-order valence-electron chi connectivity index (χ4n) is 2.61. The average molecular weight is 499 g/mol. The first-order valence-corrected chi connectivity index (χ1v) is 14.9. The van der Waals surface area contributed by atoms with Crippen molar-refractivity contribution in [3.05, 3.63) is 24.3 Å². The lowest BCUT2D eigenvalue weighted by atomic mass is 10.2. The quantitative estimate of drug-likeness (QED) is 0.144. The molecule has 0 fully saturated rings. The van der Waals surface area contributed by atoms with Gasteiger partial charge in [-0.3, -0.25) is 4.79 Å². The molecule has 3 atom stereocenters. The highest BCUT2D eigenvalue weighted by Gasteiger charge is 2.38. The molecule has 0 bridgehead atoms. The van der Waals surface area contributed by atoms with Crippen LogP contribution in [0.2, 0.25) is 18.1 Å². The molecule has 0 heterocycles. The summed E-state index contributed by atoms with van der Waals surface area (Å²) in [5, 5.41) is 0.0732. The SMILES string of the molecule is C[C@H](CC(=O)O[C@@H](C)C/C=C/C(=O)O[C@@H](C)C/C=C/C(=O)OC(C)(C)C)O[Si](C)(C)C(C)(C)C. The van der Waals surface area contributed by atoms with E-state index in [9.17, 15) is 14.4 Å². The topological polar surface area (TPSA) is 88.1 Å². The predicted molar refractivity (Wildman–Crippen MR) is 137 cm³/mol. The first-order valence-electron chi connectivity index (χ1n) is 12.0. The van der Waals surface area contributed by atoms with Crippen molar-refractivity contribution in [3.63, 3.8) is 0 Å². The summed E-state index contributed by atoms with van der Waals surface area (Å²) in [6.45, 7) is 21.6. The molecule has 0 aromatic rings. The highest BCUT2D eigenvalue weighted by atomic mass is 28.4. The fourth-order valence-corrected chi connectivity index (χ4v) is 4.05. The Kier molecular flexibility index (Phi) is 13.0. The van der Waals surface area contributed by atoms with Gasteiger partial charge in [-0.1, -0.05) is 32.9 Å². The molecule has 0 saturated carbocycles. The van der Waals surface area contributed by atoms with Gasteiger partial charge in [0.1, 0.15) is 17.8 Å². The maximum absolute atomic E-state index is 12.2. The molecule has 34 heavy (non-hydrogen) atoms. The Morgan fingerprint density at radius 1 is 0.765 bits per heavy atom. The Bertz CT molecular complexity index is 726. The van der Waals surface area contributed by atoms with Gasteiger partial charge in [-0.15, -0.1) is 0 Å². The lowest BCUT2D eigenvalue weighted by molar-refractivity contribution is -0.150. The monoisotopic (exact) mass is 498 g/mol. The predicted octanol–water partition coefficient (Wildman–Crippen LogP) is 5.88. The first kappa shape index (κ1) is 32.1. The Hall–Kier alpha value is -1.93. The van der Waals surface area contributed by atoms with Crippen molar-refractivity contribution in [2.24, 2.45) is 0 Å². The van der Waals surface area contributed by atoms with Crippen molar-refractivity contribution in [2.45, 2.75) is 124 Å². The molecule has 0 unspecified atom stereocenters. The van der Waals surface area contributed by atoms with Gasteiger partial charge < -0.3 is 18.6 Å². The maximum atomic E-state index is 12.2. The minimum absolute atomic E-state index is 0.0732. The zero-order chi connectivity index (χ0) is 26.7. The highest BCUT2D eigenvalue weighted by Crippen LogP contribution is 2.37. The van der Waals surface area contributed by atoms with Gasteiger partial charge in [-0.05, 0) is 59.7 Å². The van der Waals surface area contributed by atoms with E-state index < -0.39 is 32.0 Å². The van der Waals surface area contributed by atoms with E-state index in [0.717, 1.165) is 0 Å². The van der Waals surface area contributed by atoms with Gasteiger partial charge in [0.25, 0.3) is 0 Å². The lowest BCUT2D eigenvalue weighted by Crippen LogP contribution is -2.43. The molecule has 8 heteroatoms. The zero-order valence-electron chi connectivity index (χ0n) is 23.0. The van der Waals surface area contributed by atoms with Crippen LogP contribution < -0.4 is 0 Å². The highest BCUT2D eigenvalue weighted by molar-refractivity contribution is 6.74. The zero-order valence-corrected chi connectivity index (χ0v) is 24.0. The van der Waals surface area contributed by atoms with Crippen LogP contribution in [0.15, 0.2) is 24.3 Å². The van der Waals surface area contributed by atoms with Crippen molar-refractivity contribution in [3.8, 4) is 0 Å². The molecular formula is C26H46O7Si. The van der Waals surface area contributed by atoms with Gasteiger partial charge in [0.05, 0.1) is 12.5 Å². The van der Waals surface area contributed by atoms with E-state index in [1.54, 1.807) is 46.8 Å². The maximum Gasteiger partial charge on any atom is 0.330 e. The summed E-state index contributed by atoms with van der Waals surface area (Å²) in [7, 11) is -1.94. The van der Waals surface area contributed by atoms with Crippen LogP contribution in [0.4, 0.5) is 0 Å². The fraction of sp³-hybridized carbons (Fsp3) is 0.731. The summed E-state index contributed by atoms with van der Waals surface area (Å²) in [6.07, 6.45) is 5.90. The van der Waals surface area contributed by atoms with Crippen LogP contribution in [0.5, 0.6) is 0 Å². The van der Waals surface area contributed by atoms with E-state index in [-0.39, 0.29) is 29.6 Å². The standard InChI is InChI=1S/C26H46O7Si/c1-19(15-13-17-23(28)32-25(4,5)6)30-22(27)16-12-14-20(2)31-24(29)18-21(3)33-34(10,11)26(7,8)9/h12-13,16-17,19-21H,14-15,18H2,1-11H3/b16-12+,17-13+/t19-,20-,21+/m0/s1. The van der Waals surface area contributed by atoms with Gasteiger partial charge >= 0.3 is 17.9 Å². The van der Waals surface area contributed by atoms with E-state index in [1.165, 1.54) is 12.2 Å². The normalized spacial score (nSPS) is 15.7. The molecule has 0 aromatic carbocycles. The van der Waals surface area contributed by atoms with Gasteiger partial charge in [0, 0.05) is 25.0 Å². The Labute approximate surface area is 207 Å². The lowest BCUT2D eigenvalue weighted by Gasteiger charge is -2.38. The summed E-state index contributed by atoms with van der Waals surface area (Å²) in [4.78, 5) is 35.8. The van der Waals surface area contributed by atoms with E-state index in [4.69, 9.17) is 18.6 Å². The second kappa shape index (κ2) is 13.8. The van der Waals surface area contributed by atoms with Crippen LogP contribution in [0, 0.1) is 0 Å². The summed E-state index contributed by atoms with van der Waals surface area (Å²) in [6, 6.07) is 0. The Morgan fingerprint density at radius 3 is 1.71 bits per heavy atom. The van der Waals surface area contributed by atoms with Crippen LogP contribution in [0.1, 0.15) is 81.6 Å². The van der Waals surface area contributed by atoms with Crippen LogP contribution in [0.3, 0.4) is 0 Å². The Morgan fingerprint density at radius 2 is 1.24 bits per heavy atom. The molecule has 0 aliphatic heterocycles. The third kappa shape index (κ3) is 15.1. The number of hydrogen-bond donors (Lipinski definition) is 0. The van der Waals surface area contributed by atoms with Crippen molar-refractivity contribution in [1.29, 1.82) is 0 Å². The largest absolute Gasteiger partial charge is 0.462 e. The molecule has 0 amide bonds. The molecule has 0 aromatic heterocycles. The summed E-state index contributed by atoms with van der Waals surface area (Å²) >= 11 is 0. The van der Waals surface area contributed by atoms with Crippen LogP contribution in [-0.4, -0.2) is 50.1 Å². The molecule has 7 nitrogen and oxygen atoms in total. The van der Waals surface area contributed by atoms with Crippen LogP contribution in [0.25, 0.3) is 0 Å². The number of esters is 3. The minimum atomic E-state index is -1.94. The minimum Gasteiger partial charge on any atom is -0.462 e. The van der Waals surface area contributed by atoms with Crippen LogP contribution >= 0.6 is 0 Å². The second-order valence-electron chi connectivity index (χ2n) is 11.3. The van der Waals surface area contributed by atoms with E-state index in [1.807, 2.05) is 6.92 Å². The molecular weight excluding hydrogens is 452 g/mol. The molecule has 0 N–H and O–H groups in total. The summed E-state index contributed by atoms with van der Waals surface area (Å²) in [5.41, 5.74) is -0.549. The molecule has 0 aliphatic carbocycles. The van der Waals surface area contributed by atoms with Crippen LogP contribution in [-0.2, 0) is 33.0 Å². The molecule has 196 valence electrons. The van der Waals surface area contributed by atoms with Crippen molar-refractivity contribution in [1.82, 2.24) is 0 Å². The summed E-state index contributed by atoms with van der Waals surface area (Å²) < 4.78 is 22.1. The number of hydrogen-bond acceptors (Lipinski definition) is 7. The Balaban J connectivity index is 4.34. The van der Waals surface area contributed by atoms with Gasteiger partial charge in [0.15, 0.2) is 8.32 Å². The van der Waals surface area contributed by atoms with Crippen molar-refractivity contribution < 1.29 is 33.0 Å². The van der Waals surface area contributed by atoms with Crippen molar-refractivity contribution >= 4 is 26.2 Å². The average Bonchev–Trinajstić information content (AvgIpc) is 2.57. The molecule has 0 saturated heterocycles.